The molecule has 1 rings (SSSR count). The van der Waals surface area contributed by atoms with Gasteiger partial charge in [0.25, 0.3) is 0 Å². The lowest BCUT2D eigenvalue weighted by molar-refractivity contribution is -0.137. The number of aliphatic carboxylic acids is 1. The molecule has 1 aromatic rings. The number of unbranched alkanes of at least 4 members (excludes halogenated alkanes) is 2. The number of amides is 2. The van der Waals surface area contributed by atoms with Gasteiger partial charge in [-0.15, -0.1) is 0 Å². The number of hydrogen-bond acceptors (Lipinski definition) is 2. The molecule has 0 aliphatic heterocycles. The van der Waals surface area contributed by atoms with Crippen molar-refractivity contribution in [3.8, 4) is 0 Å². The average Bonchev–Trinajstić information content (AvgIpc) is 2.40. The van der Waals surface area contributed by atoms with Crippen molar-refractivity contribution in [1.29, 1.82) is 0 Å². The lowest BCUT2D eigenvalue weighted by atomic mass is 10.2. The minimum Gasteiger partial charge on any atom is -0.481 e. The quantitative estimate of drug-likeness (QED) is 0.635. The highest BCUT2D eigenvalue weighted by Crippen LogP contribution is 2.11. The fraction of sp³-hybridized carbons (Fsp3) is 0.429. The maximum atomic E-state index is 11.5. The van der Waals surface area contributed by atoms with Crippen LogP contribution in [0.1, 0.15) is 31.2 Å². The molecule has 0 aliphatic rings. The van der Waals surface area contributed by atoms with Crippen molar-refractivity contribution in [2.45, 2.75) is 32.2 Å². The number of benzene rings is 1. The second-order valence-electron chi connectivity index (χ2n) is 4.44. The lowest BCUT2D eigenvalue weighted by Gasteiger charge is -2.07. The van der Waals surface area contributed by atoms with Gasteiger partial charge in [-0.3, -0.25) is 4.79 Å². The van der Waals surface area contributed by atoms with E-state index in [4.69, 9.17) is 5.11 Å². The van der Waals surface area contributed by atoms with E-state index in [0.717, 1.165) is 22.9 Å². The van der Waals surface area contributed by atoms with Crippen molar-refractivity contribution in [2.24, 2.45) is 0 Å². The third-order valence-electron chi connectivity index (χ3n) is 2.70. The molecule has 0 radical (unpaired) electrons. The Morgan fingerprint density at radius 3 is 2.65 bits per heavy atom. The van der Waals surface area contributed by atoms with Crippen LogP contribution < -0.4 is 10.6 Å². The Morgan fingerprint density at radius 1 is 1.15 bits per heavy atom. The largest absolute Gasteiger partial charge is 0.481 e. The summed E-state index contributed by atoms with van der Waals surface area (Å²) in [5, 5.41) is 14.0. The summed E-state index contributed by atoms with van der Waals surface area (Å²) < 4.78 is 0.982. The molecule has 0 unspecified atom stereocenters. The molecule has 0 saturated heterocycles. The summed E-state index contributed by atoms with van der Waals surface area (Å²) in [6, 6.07) is 7.54. The minimum atomic E-state index is -0.773. The third kappa shape index (κ3) is 7.78. The van der Waals surface area contributed by atoms with Crippen LogP contribution in [0.5, 0.6) is 0 Å². The monoisotopic (exact) mass is 342 g/mol. The van der Waals surface area contributed by atoms with Gasteiger partial charge in [0, 0.05) is 24.0 Å². The van der Waals surface area contributed by atoms with Gasteiger partial charge in [-0.05, 0) is 30.5 Å². The van der Waals surface area contributed by atoms with Crippen molar-refractivity contribution in [3.63, 3.8) is 0 Å². The number of carboxylic acid groups (broad SMARTS) is 1. The Bertz CT molecular complexity index is 452. The summed E-state index contributed by atoms with van der Waals surface area (Å²) >= 11 is 3.38. The van der Waals surface area contributed by atoms with E-state index in [1.165, 1.54) is 0 Å². The van der Waals surface area contributed by atoms with Gasteiger partial charge in [0.05, 0.1) is 0 Å². The van der Waals surface area contributed by atoms with Crippen molar-refractivity contribution in [3.05, 3.63) is 34.3 Å². The van der Waals surface area contributed by atoms with Crippen LogP contribution in [0.15, 0.2) is 28.7 Å². The standard InChI is InChI=1S/C14H19BrN2O3/c15-12-6-4-5-11(9-12)10-17-14(20)16-8-3-1-2-7-13(18)19/h4-6,9H,1-3,7-8,10H2,(H,18,19)(H2,16,17,20). The smallest absolute Gasteiger partial charge is 0.315 e. The highest BCUT2D eigenvalue weighted by Gasteiger charge is 2.01. The van der Waals surface area contributed by atoms with Crippen LogP contribution in [0.2, 0.25) is 0 Å². The highest BCUT2D eigenvalue weighted by atomic mass is 79.9. The molecular weight excluding hydrogens is 324 g/mol. The van der Waals surface area contributed by atoms with Crippen molar-refractivity contribution in [1.82, 2.24) is 10.6 Å². The predicted molar refractivity (Wildman–Crippen MR) is 80.5 cm³/mol. The van der Waals surface area contributed by atoms with Crippen LogP contribution in [-0.4, -0.2) is 23.7 Å². The molecule has 0 spiro atoms. The summed E-state index contributed by atoms with van der Waals surface area (Å²) in [5.41, 5.74) is 1.02. The van der Waals surface area contributed by atoms with Gasteiger partial charge in [-0.1, -0.05) is 34.5 Å². The molecule has 6 heteroatoms. The van der Waals surface area contributed by atoms with E-state index in [2.05, 4.69) is 26.6 Å². The Labute approximate surface area is 126 Å². The van der Waals surface area contributed by atoms with Crippen molar-refractivity contribution in [2.75, 3.05) is 6.54 Å². The van der Waals surface area contributed by atoms with Crippen LogP contribution in [-0.2, 0) is 11.3 Å². The topological polar surface area (TPSA) is 78.4 Å². The number of hydrogen-bond donors (Lipinski definition) is 3. The Morgan fingerprint density at radius 2 is 1.95 bits per heavy atom. The molecule has 0 aromatic heterocycles. The first-order chi connectivity index (χ1) is 9.58. The average molecular weight is 343 g/mol. The molecule has 0 heterocycles. The van der Waals surface area contributed by atoms with Gasteiger partial charge >= 0.3 is 12.0 Å². The van der Waals surface area contributed by atoms with E-state index in [1.807, 2.05) is 24.3 Å². The molecule has 20 heavy (non-hydrogen) atoms. The highest BCUT2D eigenvalue weighted by molar-refractivity contribution is 9.10. The van der Waals surface area contributed by atoms with E-state index in [1.54, 1.807) is 0 Å². The van der Waals surface area contributed by atoms with Crippen molar-refractivity contribution < 1.29 is 14.7 Å². The molecule has 0 saturated carbocycles. The first kappa shape index (κ1) is 16.5. The third-order valence-corrected chi connectivity index (χ3v) is 3.19. The van der Waals surface area contributed by atoms with Gasteiger partial charge < -0.3 is 15.7 Å². The fourth-order valence-electron chi connectivity index (χ4n) is 1.67. The Kier molecular flexibility index (Phi) is 7.72. The molecule has 0 atom stereocenters. The number of nitrogens with one attached hydrogen (secondary N) is 2. The first-order valence-electron chi connectivity index (χ1n) is 6.56. The molecular formula is C14H19BrN2O3. The van der Waals surface area contributed by atoms with E-state index >= 15 is 0 Å². The maximum Gasteiger partial charge on any atom is 0.315 e. The zero-order valence-corrected chi connectivity index (χ0v) is 12.8. The number of halogens is 1. The van der Waals surface area contributed by atoms with Gasteiger partial charge in [0.1, 0.15) is 0 Å². The van der Waals surface area contributed by atoms with Gasteiger partial charge in [-0.25, -0.2) is 4.79 Å². The Balaban J connectivity index is 2.07. The zero-order valence-electron chi connectivity index (χ0n) is 11.2. The number of carbonyl (C=O) groups excluding carboxylic acids is 1. The zero-order chi connectivity index (χ0) is 14.8. The molecule has 1 aromatic carbocycles. The number of rotatable bonds is 8. The minimum absolute atomic E-state index is 0.190. The van der Waals surface area contributed by atoms with Crippen LogP contribution in [0.3, 0.4) is 0 Å². The van der Waals surface area contributed by atoms with E-state index < -0.39 is 5.97 Å². The summed E-state index contributed by atoms with van der Waals surface area (Å²) in [7, 11) is 0. The van der Waals surface area contributed by atoms with E-state index in [0.29, 0.717) is 19.5 Å². The van der Waals surface area contributed by atoms with Crippen LogP contribution in [0.25, 0.3) is 0 Å². The molecule has 3 N–H and O–H groups in total. The van der Waals surface area contributed by atoms with E-state index in [9.17, 15) is 9.59 Å². The lowest BCUT2D eigenvalue weighted by Crippen LogP contribution is -2.35. The van der Waals surface area contributed by atoms with Crippen LogP contribution in [0.4, 0.5) is 4.79 Å². The molecule has 2 amide bonds. The second kappa shape index (κ2) is 9.36. The fourth-order valence-corrected chi connectivity index (χ4v) is 2.12. The van der Waals surface area contributed by atoms with E-state index in [-0.39, 0.29) is 12.5 Å². The first-order valence-corrected chi connectivity index (χ1v) is 7.35. The van der Waals surface area contributed by atoms with Crippen LogP contribution >= 0.6 is 15.9 Å². The summed E-state index contributed by atoms with van der Waals surface area (Å²) in [6.07, 6.45) is 2.43. The summed E-state index contributed by atoms with van der Waals surface area (Å²) in [6.45, 7) is 1.04. The van der Waals surface area contributed by atoms with Gasteiger partial charge in [-0.2, -0.15) is 0 Å². The number of carbonyl (C=O) groups is 2. The van der Waals surface area contributed by atoms with Gasteiger partial charge in [0.15, 0.2) is 0 Å². The van der Waals surface area contributed by atoms with Crippen molar-refractivity contribution >= 4 is 27.9 Å². The second-order valence-corrected chi connectivity index (χ2v) is 5.36. The summed E-state index contributed by atoms with van der Waals surface area (Å²) in [5.74, 6) is -0.773. The summed E-state index contributed by atoms with van der Waals surface area (Å²) in [4.78, 5) is 21.8. The number of carboxylic acids is 1. The van der Waals surface area contributed by atoms with Gasteiger partial charge in [0.2, 0.25) is 0 Å². The maximum absolute atomic E-state index is 11.5. The molecule has 0 bridgehead atoms. The van der Waals surface area contributed by atoms with Crippen LogP contribution in [0, 0.1) is 0 Å². The molecule has 110 valence electrons. The molecule has 5 nitrogen and oxygen atoms in total. The molecule has 0 fully saturated rings. The number of urea groups is 1. The Hall–Kier alpha value is -1.56. The molecule has 0 aliphatic carbocycles. The predicted octanol–water partition coefficient (Wildman–Crippen LogP) is 2.89. The normalized spacial score (nSPS) is 10.1. The SMILES string of the molecule is O=C(O)CCCCCNC(=O)NCc1cccc(Br)c1.